The van der Waals surface area contributed by atoms with Gasteiger partial charge in [0.15, 0.2) is 0 Å². The first kappa shape index (κ1) is 13.7. The van der Waals surface area contributed by atoms with Gasteiger partial charge in [-0.1, -0.05) is 36.0 Å². The lowest BCUT2D eigenvalue weighted by Gasteiger charge is -2.12. The zero-order valence-electron chi connectivity index (χ0n) is 10.0. The van der Waals surface area contributed by atoms with E-state index in [1.165, 1.54) is 12.8 Å². The zero-order chi connectivity index (χ0) is 13.0. The van der Waals surface area contributed by atoms with Crippen LogP contribution in [0, 0.1) is 0 Å². The molecule has 0 spiro atoms. The second-order valence-electron chi connectivity index (χ2n) is 4.53. The zero-order valence-corrected chi connectivity index (χ0v) is 11.5. The minimum absolute atomic E-state index is 0.0916. The highest BCUT2D eigenvalue weighted by Gasteiger charge is 2.15. The third kappa shape index (κ3) is 3.87. The Balaban J connectivity index is 1.84. The van der Waals surface area contributed by atoms with Crippen LogP contribution in [0.1, 0.15) is 25.7 Å². The summed E-state index contributed by atoms with van der Waals surface area (Å²) in [6, 6.07) is 5.49. The van der Waals surface area contributed by atoms with Crippen LogP contribution >= 0.6 is 23.2 Å². The number of hydrogen-bond donors (Lipinski definition) is 2. The Kier molecular flexibility index (Phi) is 4.87. The lowest BCUT2D eigenvalue weighted by atomic mass is 10.2. The van der Waals surface area contributed by atoms with Gasteiger partial charge < -0.3 is 10.6 Å². The summed E-state index contributed by atoms with van der Waals surface area (Å²) in [7, 11) is 0. The summed E-state index contributed by atoms with van der Waals surface area (Å²) < 4.78 is 0. The lowest BCUT2D eigenvalue weighted by Crippen LogP contribution is -2.34. The molecular formula is C13H16Cl2N2O. The van der Waals surface area contributed by atoms with Crippen LogP contribution in [0.4, 0.5) is 5.69 Å². The van der Waals surface area contributed by atoms with Crippen LogP contribution in [0.5, 0.6) is 0 Å². The molecule has 0 saturated heterocycles. The summed E-state index contributed by atoms with van der Waals surface area (Å²) in [6.45, 7) is 0.313. The molecule has 1 fully saturated rings. The topological polar surface area (TPSA) is 41.1 Å². The first-order valence-corrected chi connectivity index (χ1v) is 6.89. The lowest BCUT2D eigenvalue weighted by molar-refractivity contribution is -0.115. The summed E-state index contributed by atoms with van der Waals surface area (Å²) >= 11 is 11.8. The van der Waals surface area contributed by atoms with Crippen molar-refractivity contribution in [3.63, 3.8) is 0 Å². The number of nitrogens with one attached hydrogen (secondary N) is 2. The Hall–Kier alpha value is -0.770. The van der Waals surface area contributed by atoms with Gasteiger partial charge in [0.2, 0.25) is 5.91 Å². The van der Waals surface area contributed by atoms with E-state index >= 15 is 0 Å². The molecule has 5 heteroatoms. The number of benzene rings is 1. The van der Waals surface area contributed by atoms with Crippen molar-refractivity contribution >= 4 is 34.8 Å². The van der Waals surface area contributed by atoms with Gasteiger partial charge in [-0.3, -0.25) is 4.79 Å². The molecular weight excluding hydrogens is 271 g/mol. The van der Waals surface area contributed by atoms with Crippen LogP contribution in [0.15, 0.2) is 18.2 Å². The molecule has 1 aromatic rings. The van der Waals surface area contributed by atoms with E-state index in [0.717, 1.165) is 12.8 Å². The molecule has 1 aliphatic carbocycles. The molecule has 1 saturated carbocycles. The van der Waals surface area contributed by atoms with E-state index in [2.05, 4.69) is 10.6 Å². The fourth-order valence-corrected chi connectivity index (χ4v) is 2.49. The summed E-state index contributed by atoms with van der Waals surface area (Å²) in [4.78, 5) is 11.8. The minimum atomic E-state index is -0.0916. The molecule has 2 N–H and O–H groups in total. The van der Waals surface area contributed by atoms with E-state index in [9.17, 15) is 4.79 Å². The highest BCUT2D eigenvalue weighted by atomic mass is 35.5. The number of carbonyl (C=O) groups excluding carboxylic acids is 1. The standard InChI is InChI=1S/C13H16Cl2N2O/c14-9-5-6-11(15)12(7-9)17-13(18)8-16-10-3-1-2-4-10/h5-7,10,16H,1-4,8H2,(H,17,18). The van der Waals surface area contributed by atoms with Gasteiger partial charge in [0.25, 0.3) is 0 Å². The largest absolute Gasteiger partial charge is 0.324 e. The second kappa shape index (κ2) is 6.41. The Morgan fingerprint density at radius 3 is 2.72 bits per heavy atom. The van der Waals surface area contributed by atoms with Gasteiger partial charge >= 0.3 is 0 Å². The summed E-state index contributed by atoms with van der Waals surface area (Å²) in [5.41, 5.74) is 0.558. The number of halogens is 2. The highest BCUT2D eigenvalue weighted by Crippen LogP contribution is 2.25. The van der Waals surface area contributed by atoms with E-state index in [4.69, 9.17) is 23.2 Å². The van der Waals surface area contributed by atoms with Crippen molar-refractivity contribution in [2.45, 2.75) is 31.7 Å². The highest BCUT2D eigenvalue weighted by molar-refractivity contribution is 6.35. The second-order valence-corrected chi connectivity index (χ2v) is 5.38. The molecule has 0 aromatic heterocycles. The molecule has 0 heterocycles. The average molecular weight is 287 g/mol. The average Bonchev–Trinajstić information content (AvgIpc) is 2.84. The Morgan fingerprint density at radius 1 is 1.28 bits per heavy atom. The van der Waals surface area contributed by atoms with Crippen molar-refractivity contribution in [2.75, 3.05) is 11.9 Å². The fourth-order valence-electron chi connectivity index (χ4n) is 2.15. The number of carbonyl (C=O) groups is 1. The van der Waals surface area contributed by atoms with Gasteiger partial charge in [0.1, 0.15) is 0 Å². The molecule has 98 valence electrons. The Morgan fingerprint density at radius 2 is 2.00 bits per heavy atom. The first-order valence-electron chi connectivity index (χ1n) is 6.13. The molecule has 3 nitrogen and oxygen atoms in total. The maximum absolute atomic E-state index is 11.8. The van der Waals surface area contributed by atoms with Gasteiger partial charge in [-0.15, -0.1) is 0 Å². The number of rotatable bonds is 4. The van der Waals surface area contributed by atoms with Crippen LogP contribution in [-0.4, -0.2) is 18.5 Å². The van der Waals surface area contributed by atoms with Crippen molar-refractivity contribution in [3.05, 3.63) is 28.2 Å². The van der Waals surface area contributed by atoms with Crippen LogP contribution in [-0.2, 0) is 4.79 Å². The van der Waals surface area contributed by atoms with Gasteiger partial charge in [-0.25, -0.2) is 0 Å². The SMILES string of the molecule is O=C(CNC1CCCC1)Nc1cc(Cl)ccc1Cl. The van der Waals surface area contributed by atoms with Crippen molar-refractivity contribution in [1.82, 2.24) is 5.32 Å². The molecule has 18 heavy (non-hydrogen) atoms. The van der Waals surface area contributed by atoms with Crippen LogP contribution < -0.4 is 10.6 Å². The summed E-state index contributed by atoms with van der Waals surface area (Å²) in [6.07, 6.45) is 4.81. The third-order valence-electron chi connectivity index (χ3n) is 3.11. The summed E-state index contributed by atoms with van der Waals surface area (Å²) in [5.74, 6) is -0.0916. The van der Waals surface area contributed by atoms with Crippen LogP contribution in [0.3, 0.4) is 0 Å². The molecule has 1 amide bonds. The molecule has 0 bridgehead atoms. The van der Waals surface area contributed by atoms with Crippen molar-refractivity contribution < 1.29 is 4.79 Å². The van der Waals surface area contributed by atoms with E-state index in [-0.39, 0.29) is 5.91 Å². The minimum Gasteiger partial charge on any atom is -0.324 e. The van der Waals surface area contributed by atoms with Crippen LogP contribution in [0.2, 0.25) is 10.0 Å². The fraction of sp³-hybridized carbons (Fsp3) is 0.462. The van der Waals surface area contributed by atoms with Crippen molar-refractivity contribution in [3.8, 4) is 0 Å². The molecule has 0 atom stereocenters. The third-order valence-corrected chi connectivity index (χ3v) is 3.67. The maximum atomic E-state index is 11.8. The smallest absolute Gasteiger partial charge is 0.238 e. The molecule has 2 rings (SSSR count). The molecule has 1 aromatic carbocycles. The monoisotopic (exact) mass is 286 g/mol. The van der Waals surface area contributed by atoms with E-state index in [1.54, 1.807) is 18.2 Å². The Labute approximate surface area is 117 Å². The molecule has 0 aliphatic heterocycles. The predicted molar refractivity (Wildman–Crippen MR) is 75.4 cm³/mol. The number of anilines is 1. The van der Waals surface area contributed by atoms with E-state index < -0.39 is 0 Å². The quantitative estimate of drug-likeness (QED) is 0.890. The summed E-state index contributed by atoms with van der Waals surface area (Å²) in [5, 5.41) is 7.05. The predicted octanol–water partition coefficient (Wildman–Crippen LogP) is 3.46. The normalized spacial score (nSPS) is 15.9. The molecule has 1 aliphatic rings. The maximum Gasteiger partial charge on any atom is 0.238 e. The van der Waals surface area contributed by atoms with Crippen LogP contribution in [0.25, 0.3) is 0 Å². The number of amides is 1. The van der Waals surface area contributed by atoms with Gasteiger partial charge in [-0.05, 0) is 31.0 Å². The first-order chi connectivity index (χ1) is 8.65. The van der Waals surface area contributed by atoms with E-state index in [1.807, 2.05) is 0 Å². The van der Waals surface area contributed by atoms with Crippen molar-refractivity contribution in [2.24, 2.45) is 0 Å². The van der Waals surface area contributed by atoms with E-state index in [0.29, 0.717) is 28.3 Å². The Bertz CT molecular complexity index is 431. The molecule has 0 radical (unpaired) electrons. The molecule has 0 unspecified atom stereocenters. The van der Waals surface area contributed by atoms with Gasteiger partial charge in [-0.2, -0.15) is 0 Å². The van der Waals surface area contributed by atoms with Crippen molar-refractivity contribution in [1.29, 1.82) is 0 Å². The van der Waals surface area contributed by atoms with Gasteiger partial charge in [0, 0.05) is 11.1 Å². The number of hydrogen-bond acceptors (Lipinski definition) is 2. The van der Waals surface area contributed by atoms with Gasteiger partial charge in [0.05, 0.1) is 17.3 Å².